The zero-order chi connectivity index (χ0) is 10.4. The van der Waals surface area contributed by atoms with Crippen molar-refractivity contribution in [2.75, 3.05) is 5.32 Å². The molecule has 0 radical (unpaired) electrons. The molecule has 4 heteroatoms. The molecule has 2 N–H and O–H groups in total. The largest absolute Gasteiger partial charge is 0.481 e. The summed E-state index contributed by atoms with van der Waals surface area (Å²) in [6.45, 7) is 0. The van der Waals surface area contributed by atoms with Crippen LogP contribution in [0.5, 0.6) is 0 Å². The van der Waals surface area contributed by atoms with Crippen molar-refractivity contribution in [1.82, 2.24) is 0 Å². The van der Waals surface area contributed by atoms with E-state index in [0.717, 1.165) is 5.56 Å². The molecular weight excluding hydrogens is 182 g/mol. The quantitative estimate of drug-likeness (QED) is 0.692. The SMILES string of the molecule is O=CNc1ccc(CCC(=O)O)cc1. The number of carbonyl (C=O) groups is 2. The Bertz CT molecular complexity index is 319. The molecule has 0 fully saturated rings. The topological polar surface area (TPSA) is 66.4 Å². The van der Waals surface area contributed by atoms with Crippen LogP contribution >= 0.6 is 0 Å². The molecule has 0 heterocycles. The van der Waals surface area contributed by atoms with Crippen molar-refractivity contribution in [3.63, 3.8) is 0 Å². The third-order valence-electron chi connectivity index (χ3n) is 1.81. The fraction of sp³-hybridized carbons (Fsp3) is 0.200. The first-order valence-corrected chi connectivity index (χ1v) is 4.23. The molecule has 1 amide bonds. The second-order valence-corrected chi connectivity index (χ2v) is 2.85. The smallest absolute Gasteiger partial charge is 0.303 e. The van der Waals surface area contributed by atoms with E-state index in [1.165, 1.54) is 0 Å². The van der Waals surface area contributed by atoms with Gasteiger partial charge in [-0.3, -0.25) is 9.59 Å². The van der Waals surface area contributed by atoms with Gasteiger partial charge in [0.15, 0.2) is 0 Å². The first kappa shape index (κ1) is 10.2. The van der Waals surface area contributed by atoms with E-state index in [-0.39, 0.29) is 6.42 Å². The number of aliphatic carboxylic acids is 1. The summed E-state index contributed by atoms with van der Waals surface area (Å²) >= 11 is 0. The number of rotatable bonds is 5. The zero-order valence-electron chi connectivity index (χ0n) is 7.56. The average molecular weight is 193 g/mol. The molecule has 0 aliphatic rings. The number of hydrogen-bond donors (Lipinski definition) is 2. The van der Waals surface area contributed by atoms with Crippen LogP contribution in [-0.2, 0) is 16.0 Å². The monoisotopic (exact) mass is 193 g/mol. The van der Waals surface area contributed by atoms with Gasteiger partial charge in [-0.2, -0.15) is 0 Å². The highest BCUT2D eigenvalue weighted by atomic mass is 16.4. The summed E-state index contributed by atoms with van der Waals surface area (Å²) in [7, 11) is 0. The van der Waals surface area contributed by atoms with Gasteiger partial charge in [0, 0.05) is 12.1 Å². The summed E-state index contributed by atoms with van der Waals surface area (Å²) in [6, 6.07) is 7.08. The molecule has 0 unspecified atom stereocenters. The Hall–Kier alpha value is -1.84. The summed E-state index contributed by atoms with van der Waals surface area (Å²) in [6.07, 6.45) is 1.24. The van der Waals surface area contributed by atoms with E-state index in [0.29, 0.717) is 18.5 Å². The maximum Gasteiger partial charge on any atom is 0.303 e. The third-order valence-corrected chi connectivity index (χ3v) is 1.81. The van der Waals surface area contributed by atoms with Crippen LogP contribution < -0.4 is 5.32 Å². The second-order valence-electron chi connectivity index (χ2n) is 2.85. The molecular formula is C10H11NO3. The van der Waals surface area contributed by atoms with Crippen LogP contribution in [0.25, 0.3) is 0 Å². The number of nitrogens with one attached hydrogen (secondary N) is 1. The van der Waals surface area contributed by atoms with E-state index in [4.69, 9.17) is 5.11 Å². The highest BCUT2D eigenvalue weighted by Crippen LogP contribution is 2.10. The molecule has 1 aromatic rings. The van der Waals surface area contributed by atoms with Gasteiger partial charge in [0.2, 0.25) is 6.41 Å². The van der Waals surface area contributed by atoms with Crippen molar-refractivity contribution in [2.24, 2.45) is 0 Å². The number of hydrogen-bond acceptors (Lipinski definition) is 2. The molecule has 0 aliphatic heterocycles. The second kappa shape index (κ2) is 5.01. The van der Waals surface area contributed by atoms with Crippen LogP contribution in [0, 0.1) is 0 Å². The molecule has 0 bridgehead atoms. The predicted molar refractivity (Wildman–Crippen MR) is 52.1 cm³/mol. The standard InChI is InChI=1S/C10H11NO3/c12-7-11-9-4-1-8(2-5-9)3-6-10(13)14/h1-2,4-5,7H,3,6H2,(H,11,12)(H,13,14). The fourth-order valence-electron chi connectivity index (χ4n) is 1.09. The normalized spacial score (nSPS) is 9.43. The van der Waals surface area contributed by atoms with Gasteiger partial charge in [-0.1, -0.05) is 12.1 Å². The van der Waals surface area contributed by atoms with Gasteiger partial charge in [0.1, 0.15) is 0 Å². The minimum Gasteiger partial charge on any atom is -0.481 e. The van der Waals surface area contributed by atoms with E-state index in [2.05, 4.69) is 5.32 Å². The van der Waals surface area contributed by atoms with Crippen molar-refractivity contribution >= 4 is 18.1 Å². The first-order chi connectivity index (χ1) is 6.72. The minimum absolute atomic E-state index is 0.125. The van der Waals surface area contributed by atoms with Crippen molar-refractivity contribution in [3.05, 3.63) is 29.8 Å². The maximum absolute atomic E-state index is 10.3. The highest BCUT2D eigenvalue weighted by molar-refractivity contribution is 5.71. The van der Waals surface area contributed by atoms with Gasteiger partial charge < -0.3 is 10.4 Å². The van der Waals surface area contributed by atoms with E-state index in [1.807, 2.05) is 0 Å². The molecule has 0 aromatic heterocycles. The molecule has 0 saturated carbocycles. The molecule has 1 rings (SSSR count). The number of carbonyl (C=O) groups excluding carboxylic acids is 1. The molecule has 74 valence electrons. The number of benzene rings is 1. The van der Waals surface area contributed by atoms with Gasteiger partial charge in [-0.15, -0.1) is 0 Å². The lowest BCUT2D eigenvalue weighted by Gasteiger charge is -2.01. The van der Waals surface area contributed by atoms with E-state index < -0.39 is 5.97 Å². The lowest BCUT2D eigenvalue weighted by atomic mass is 10.1. The predicted octanol–water partition coefficient (Wildman–Crippen LogP) is 1.27. The summed E-state index contributed by atoms with van der Waals surface area (Å²) in [5, 5.41) is 11.0. The van der Waals surface area contributed by atoms with Crippen LogP contribution in [-0.4, -0.2) is 17.5 Å². The Kier molecular flexibility index (Phi) is 3.67. The summed E-state index contributed by atoms with van der Waals surface area (Å²) in [4.78, 5) is 20.4. The third kappa shape index (κ3) is 3.26. The van der Waals surface area contributed by atoms with Crippen LogP contribution in [0.3, 0.4) is 0 Å². The Morgan fingerprint density at radius 2 is 2.00 bits per heavy atom. The van der Waals surface area contributed by atoms with Crippen molar-refractivity contribution in [1.29, 1.82) is 0 Å². The van der Waals surface area contributed by atoms with E-state index in [1.54, 1.807) is 24.3 Å². The average Bonchev–Trinajstić information content (AvgIpc) is 2.17. The highest BCUT2D eigenvalue weighted by Gasteiger charge is 1.98. The van der Waals surface area contributed by atoms with Gasteiger partial charge in [0.25, 0.3) is 0 Å². The number of carboxylic acid groups (broad SMARTS) is 1. The summed E-state index contributed by atoms with van der Waals surface area (Å²) < 4.78 is 0. The van der Waals surface area contributed by atoms with Crippen LogP contribution in [0.15, 0.2) is 24.3 Å². The van der Waals surface area contributed by atoms with Gasteiger partial charge >= 0.3 is 5.97 Å². The summed E-state index contributed by atoms with van der Waals surface area (Å²) in [5.74, 6) is -0.805. The van der Waals surface area contributed by atoms with Crippen LogP contribution in [0.4, 0.5) is 5.69 Å². The molecule has 0 atom stereocenters. The van der Waals surface area contributed by atoms with Crippen molar-refractivity contribution in [2.45, 2.75) is 12.8 Å². The van der Waals surface area contributed by atoms with Gasteiger partial charge in [0.05, 0.1) is 0 Å². The van der Waals surface area contributed by atoms with E-state index >= 15 is 0 Å². The fourth-order valence-corrected chi connectivity index (χ4v) is 1.09. The van der Waals surface area contributed by atoms with Crippen LogP contribution in [0.2, 0.25) is 0 Å². The zero-order valence-corrected chi connectivity index (χ0v) is 7.56. The van der Waals surface area contributed by atoms with Gasteiger partial charge in [-0.25, -0.2) is 0 Å². The molecule has 1 aromatic carbocycles. The molecule has 0 spiro atoms. The molecule has 0 aliphatic carbocycles. The maximum atomic E-state index is 10.3. The minimum atomic E-state index is -0.805. The molecule has 14 heavy (non-hydrogen) atoms. The first-order valence-electron chi connectivity index (χ1n) is 4.23. The summed E-state index contributed by atoms with van der Waals surface area (Å²) in [5.41, 5.74) is 1.66. The number of aryl methyl sites for hydroxylation is 1. The Labute approximate surface area is 81.6 Å². The Morgan fingerprint density at radius 1 is 1.36 bits per heavy atom. The van der Waals surface area contributed by atoms with Gasteiger partial charge in [-0.05, 0) is 24.1 Å². The number of amides is 1. The van der Waals surface area contributed by atoms with E-state index in [9.17, 15) is 9.59 Å². The lowest BCUT2D eigenvalue weighted by molar-refractivity contribution is -0.136. The number of carboxylic acids is 1. The lowest BCUT2D eigenvalue weighted by Crippen LogP contribution is -1.98. The number of anilines is 1. The molecule has 0 saturated heterocycles. The molecule has 4 nitrogen and oxygen atoms in total. The van der Waals surface area contributed by atoms with Crippen molar-refractivity contribution < 1.29 is 14.7 Å². The van der Waals surface area contributed by atoms with Crippen molar-refractivity contribution in [3.8, 4) is 0 Å². The van der Waals surface area contributed by atoms with Crippen LogP contribution in [0.1, 0.15) is 12.0 Å². The Morgan fingerprint density at radius 3 is 2.50 bits per heavy atom. The Balaban J connectivity index is 2.54.